The normalized spacial score (nSPS) is 11.0. The molecule has 3 rings (SSSR count). The van der Waals surface area contributed by atoms with Crippen LogP contribution in [0.2, 0.25) is 0 Å². The Balaban J connectivity index is 1.91. The Labute approximate surface area is 173 Å². The maximum absolute atomic E-state index is 13.2. The van der Waals surface area contributed by atoms with Gasteiger partial charge >= 0.3 is 0 Å². The van der Waals surface area contributed by atoms with Crippen LogP contribution in [-0.4, -0.2) is 30.8 Å². The number of nitrogens with one attached hydrogen (secondary N) is 1. The number of hydrogen-bond acceptors (Lipinski definition) is 6. The number of nitro groups is 1. The van der Waals surface area contributed by atoms with Gasteiger partial charge in [-0.25, -0.2) is 8.42 Å². The zero-order chi connectivity index (χ0) is 21.7. The molecule has 10 heteroatoms. The Kier molecular flexibility index (Phi) is 6.07. The SMILES string of the molecule is Cc1ccc(N(CC(=O)Nc2cccc([N+](=O)[O-])c2)S(=O)(=O)c2cccnc2)cc1. The van der Waals surface area contributed by atoms with E-state index in [1.807, 2.05) is 6.92 Å². The molecule has 154 valence electrons. The van der Waals surface area contributed by atoms with Gasteiger partial charge in [-0.3, -0.25) is 24.2 Å². The lowest BCUT2D eigenvalue weighted by molar-refractivity contribution is -0.384. The Hall–Kier alpha value is -3.79. The van der Waals surface area contributed by atoms with Gasteiger partial charge in [-0.1, -0.05) is 23.8 Å². The van der Waals surface area contributed by atoms with Crippen molar-refractivity contribution in [2.24, 2.45) is 0 Å². The van der Waals surface area contributed by atoms with E-state index in [1.54, 1.807) is 24.3 Å². The van der Waals surface area contributed by atoms with Crippen LogP contribution >= 0.6 is 0 Å². The molecule has 1 heterocycles. The fraction of sp³-hybridized carbons (Fsp3) is 0.100. The lowest BCUT2D eigenvalue weighted by atomic mass is 10.2. The van der Waals surface area contributed by atoms with E-state index in [1.165, 1.54) is 48.8 Å². The molecule has 3 aromatic rings. The van der Waals surface area contributed by atoms with E-state index in [2.05, 4.69) is 10.3 Å². The van der Waals surface area contributed by atoms with Gasteiger partial charge in [-0.2, -0.15) is 0 Å². The van der Waals surface area contributed by atoms with E-state index >= 15 is 0 Å². The average Bonchev–Trinajstić information content (AvgIpc) is 2.73. The lowest BCUT2D eigenvalue weighted by Gasteiger charge is -2.24. The summed E-state index contributed by atoms with van der Waals surface area (Å²) in [7, 11) is -4.07. The zero-order valence-corrected chi connectivity index (χ0v) is 16.7. The summed E-state index contributed by atoms with van der Waals surface area (Å²) in [6, 6.07) is 15.0. The largest absolute Gasteiger partial charge is 0.324 e. The molecule has 1 aromatic heterocycles. The summed E-state index contributed by atoms with van der Waals surface area (Å²) in [4.78, 5) is 26.7. The van der Waals surface area contributed by atoms with E-state index in [4.69, 9.17) is 0 Å². The van der Waals surface area contributed by atoms with Gasteiger partial charge in [0.15, 0.2) is 0 Å². The van der Waals surface area contributed by atoms with Crippen LogP contribution in [0.1, 0.15) is 5.56 Å². The molecule has 2 aromatic carbocycles. The second-order valence-corrected chi connectivity index (χ2v) is 8.25. The molecule has 0 bridgehead atoms. The van der Waals surface area contributed by atoms with Gasteiger partial charge in [0, 0.05) is 30.2 Å². The Morgan fingerprint density at radius 1 is 1.13 bits per heavy atom. The minimum atomic E-state index is -4.07. The van der Waals surface area contributed by atoms with Crippen molar-refractivity contribution in [2.45, 2.75) is 11.8 Å². The highest BCUT2D eigenvalue weighted by atomic mass is 32.2. The van der Waals surface area contributed by atoms with Crippen molar-refractivity contribution in [3.63, 3.8) is 0 Å². The van der Waals surface area contributed by atoms with Crippen molar-refractivity contribution >= 4 is 33.0 Å². The summed E-state index contributed by atoms with van der Waals surface area (Å²) < 4.78 is 27.3. The number of carbonyl (C=O) groups excluding carboxylic acids is 1. The van der Waals surface area contributed by atoms with Gasteiger partial charge in [-0.15, -0.1) is 0 Å². The maximum atomic E-state index is 13.2. The quantitative estimate of drug-likeness (QED) is 0.457. The van der Waals surface area contributed by atoms with Crippen LogP contribution in [0.15, 0.2) is 78.0 Å². The number of carbonyl (C=O) groups is 1. The molecule has 0 radical (unpaired) electrons. The summed E-state index contributed by atoms with van der Waals surface area (Å²) in [5, 5.41) is 13.4. The third kappa shape index (κ3) is 4.78. The van der Waals surface area contributed by atoms with Crippen molar-refractivity contribution < 1.29 is 18.1 Å². The first-order valence-corrected chi connectivity index (χ1v) is 10.2. The molecule has 1 N–H and O–H groups in total. The number of amides is 1. The van der Waals surface area contributed by atoms with Crippen LogP contribution in [0.4, 0.5) is 17.1 Å². The van der Waals surface area contributed by atoms with Crippen molar-refractivity contribution in [3.05, 3.63) is 88.7 Å². The first-order valence-electron chi connectivity index (χ1n) is 8.81. The number of hydrogen-bond donors (Lipinski definition) is 1. The third-order valence-electron chi connectivity index (χ3n) is 4.17. The molecule has 0 aliphatic rings. The van der Waals surface area contributed by atoms with Crippen LogP contribution in [0.5, 0.6) is 0 Å². The lowest BCUT2D eigenvalue weighted by Crippen LogP contribution is -2.38. The molecule has 0 fully saturated rings. The summed E-state index contributed by atoms with van der Waals surface area (Å²) in [6.45, 7) is 1.34. The fourth-order valence-electron chi connectivity index (χ4n) is 2.68. The third-order valence-corrected chi connectivity index (χ3v) is 5.93. The van der Waals surface area contributed by atoms with Crippen LogP contribution in [0, 0.1) is 17.0 Å². The number of aromatic nitrogens is 1. The molecular formula is C20H18N4O5S. The van der Waals surface area contributed by atoms with E-state index in [0.29, 0.717) is 5.69 Å². The van der Waals surface area contributed by atoms with Gasteiger partial charge in [0.2, 0.25) is 5.91 Å². The number of non-ortho nitro benzene ring substituents is 1. The Morgan fingerprint density at radius 3 is 2.50 bits per heavy atom. The smallest absolute Gasteiger partial charge is 0.271 e. The molecule has 0 atom stereocenters. The van der Waals surface area contributed by atoms with Gasteiger partial charge in [-0.05, 0) is 37.3 Å². The fourth-order valence-corrected chi connectivity index (χ4v) is 4.07. The highest BCUT2D eigenvalue weighted by molar-refractivity contribution is 7.92. The Bertz CT molecular complexity index is 1170. The highest BCUT2D eigenvalue weighted by Crippen LogP contribution is 2.24. The zero-order valence-electron chi connectivity index (χ0n) is 15.9. The molecule has 0 saturated carbocycles. The highest BCUT2D eigenvalue weighted by Gasteiger charge is 2.27. The summed E-state index contributed by atoms with van der Waals surface area (Å²) in [5.74, 6) is -0.650. The number of benzene rings is 2. The van der Waals surface area contributed by atoms with Gasteiger partial charge in [0.25, 0.3) is 15.7 Å². The number of sulfonamides is 1. The topological polar surface area (TPSA) is 123 Å². The van der Waals surface area contributed by atoms with E-state index < -0.39 is 27.4 Å². The molecule has 0 spiro atoms. The van der Waals surface area contributed by atoms with Gasteiger partial charge < -0.3 is 5.32 Å². The Morgan fingerprint density at radius 2 is 1.87 bits per heavy atom. The number of nitrogens with zero attached hydrogens (tertiary/aromatic N) is 3. The summed E-state index contributed by atoms with van der Waals surface area (Å²) in [6.07, 6.45) is 2.65. The number of nitro benzene ring substituents is 1. The molecule has 0 aliphatic carbocycles. The number of rotatable bonds is 7. The van der Waals surface area contributed by atoms with Crippen molar-refractivity contribution in [1.82, 2.24) is 4.98 Å². The maximum Gasteiger partial charge on any atom is 0.271 e. The summed E-state index contributed by atoms with van der Waals surface area (Å²) >= 11 is 0. The molecule has 1 amide bonds. The molecular weight excluding hydrogens is 408 g/mol. The number of anilines is 2. The predicted octanol–water partition coefficient (Wildman–Crippen LogP) is 3.13. The molecule has 0 saturated heterocycles. The second-order valence-electron chi connectivity index (χ2n) is 6.39. The molecule has 30 heavy (non-hydrogen) atoms. The van der Waals surface area contributed by atoms with Crippen LogP contribution in [0.25, 0.3) is 0 Å². The van der Waals surface area contributed by atoms with Crippen molar-refractivity contribution in [2.75, 3.05) is 16.2 Å². The van der Waals surface area contributed by atoms with Gasteiger partial charge in [0.05, 0.1) is 10.6 Å². The van der Waals surface area contributed by atoms with Gasteiger partial charge in [0.1, 0.15) is 11.4 Å². The van der Waals surface area contributed by atoms with Crippen LogP contribution < -0.4 is 9.62 Å². The average molecular weight is 426 g/mol. The summed E-state index contributed by atoms with van der Waals surface area (Å²) in [5.41, 5.74) is 1.24. The standard InChI is InChI=1S/C20H18N4O5S/c1-15-7-9-17(10-8-15)23(30(28,29)19-6-3-11-21-13-19)14-20(25)22-16-4-2-5-18(12-16)24(26)27/h2-13H,14H2,1H3,(H,22,25). The van der Waals surface area contributed by atoms with Crippen molar-refractivity contribution in [1.29, 1.82) is 0 Å². The molecule has 9 nitrogen and oxygen atoms in total. The van der Waals surface area contributed by atoms with Crippen molar-refractivity contribution in [3.8, 4) is 0 Å². The number of pyridine rings is 1. The monoisotopic (exact) mass is 426 g/mol. The molecule has 0 unspecified atom stereocenters. The van der Waals surface area contributed by atoms with E-state index in [-0.39, 0.29) is 16.3 Å². The molecule has 0 aliphatic heterocycles. The second kappa shape index (κ2) is 8.70. The predicted molar refractivity (Wildman–Crippen MR) is 112 cm³/mol. The first kappa shape index (κ1) is 20.9. The first-order chi connectivity index (χ1) is 14.3. The van der Waals surface area contributed by atoms with Crippen LogP contribution in [-0.2, 0) is 14.8 Å². The van der Waals surface area contributed by atoms with E-state index in [9.17, 15) is 23.3 Å². The number of aryl methyl sites for hydroxylation is 1. The minimum Gasteiger partial charge on any atom is -0.324 e. The van der Waals surface area contributed by atoms with Crippen LogP contribution in [0.3, 0.4) is 0 Å². The minimum absolute atomic E-state index is 0.0614. The van der Waals surface area contributed by atoms with E-state index in [0.717, 1.165) is 9.87 Å².